The number of carbonyl (C=O) groups is 2. The van der Waals surface area contributed by atoms with Crippen molar-refractivity contribution in [1.29, 1.82) is 0 Å². The second kappa shape index (κ2) is 6.79. The zero-order chi connectivity index (χ0) is 15.5. The summed E-state index contributed by atoms with van der Waals surface area (Å²) in [4.78, 5) is 25.5. The lowest BCUT2D eigenvalue weighted by Crippen LogP contribution is -2.29. The van der Waals surface area contributed by atoms with Crippen molar-refractivity contribution in [1.82, 2.24) is 0 Å². The van der Waals surface area contributed by atoms with E-state index in [0.717, 1.165) is 44.1 Å². The second-order valence-corrected chi connectivity index (χ2v) is 7.11. The van der Waals surface area contributed by atoms with Crippen LogP contribution in [0.4, 0.5) is 5.00 Å². The first kappa shape index (κ1) is 15.5. The lowest BCUT2D eigenvalue weighted by molar-refractivity contribution is -0.122. The van der Waals surface area contributed by atoms with Gasteiger partial charge in [0.2, 0.25) is 5.91 Å². The van der Waals surface area contributed by atoms with Gasteiger partial charge in [0.1, 0.15) is 5.00 Å². The van der Waals surface area contributed by atoms with E-state index < -0.39 is 5.91 Å². The summed E-state index contributed by atoms with van der Waals surface area (Å²) in [7, 11) is 0. The van der Waals surface area contributed by atoms with E-state index in [9.17, 15) is 9.59 Å². The Morgan fingerprint density at radius 3 is 2.59 bits per heavy atom. The molecule has 3 N–H and O–H groups in total. The predicted octanol–water partition coefficient (Wildman–Crippen LogP) is 2.48. The van der Waals surface area contributed by atoms with E-state index in [1.165, 1.54) is 22.6 Å². The number of anilines is 1. The number of aryl methyl sites for hydroxylation is 1. The number of amides is 2. The Morgan fingerprint density at radius 2 is 1.86 bits per heavy atom. The van der Waals surface area contributed by atoms with Gasteiger partial charge in [0, 0.05) is 24.0 Å². The van der Waals surface area contributed by atoms with Crippen LogP contribution in [-0.4, -0.2) is 25.0 Å². The van der Waals surface area contributed by atoms with Crippen LogP contribution in [0, 0.1) is 5.92 Å². The summed E-state index contributed by atoms with van der Waals surface area (Å²) in [5.41, 5.74) is 7.20. The number of thiophene rings is 1. The number of hydrogen-bond donors (Lipinski definition) is 2. The van der Waals surface area contributed by atoms with E-state index >= 15 is 0 Å². The first-order valence-electron chi connectivity index (χ1n) is 7.99. The van der Waals surface area contributed by atoms with Gasteiger partial charge >= 0.3 is 0 Å². The van der Waals surface area contributed by atoms with Gasteiger partial charge < -0.3 is 15.8 Å². The van der Waals surface area contributed by atoms with Crippen molar-refractivity contribution in [3.63, 3.8) is 0 Å². The standard InChI is InChI=1S/C16H22N2O3S/c17-14(19)13-11-4-2-1-3-5-12(11)22-16(13)18-15(20)10-6-8-21-9-7-10/h10H,1-9H2,(H2,17,19)(H,18,20). The summed E-state index contributed by atoms with van der Waals surface area (Å²) in [5.74, 6) is -0.472. The van der Waals surface area contributed by atoms with Gasteiger partial charge in [-0.15, -0.1) is 11.3 Å². The van der Waals surface area contributed by atoms with E-state index in [-0.39, 0.29) is 11.8 Å². The van der Waals surface area contributed by atoms with Crippen LogP contribution < -0.4 is 11.1 Å². The number of nitrogens with one attached hydrogen (secondary N) is 1. The summed E-state index contributed by atoms with van der Waals surface area (Å²) < 4.78 is 5.29. The second-order valence-electron chi connectivity index (χ2n) is 6.01. The molecule has 1 saturated heterocycles. The van der Waals surface area contributed by atoms with Gasteiger partial charge in [-0.3, -0.25) is 9.59 Å². The highest BCUT2D eigenvalue weighted by Crippen LogP contribution is 2.37. The molecule has 22 heavy (non-hydrogen) atoms. The molecule has 3 rings (SSSR count). The van der Waals surface area contributed by atoms with Gasteiger partial charge in [-0.2, -0.15) is 0 Å². The number of fused-ring (bicyclic) bond motifs is 1. The minimum Gasteiger partial charge on any atom is -0.381 e. The lowest BCUT2D eigenvalue weighted by atomic mass is 9.99. The highest BCUT2D eigenvalue weighted by atomic mass is 32.1. The van der Waals surface area contributed by atoms with Gasteiger partial charge in [0.05, 0.1) is 5.56 Å². The normalized spacial score (nSPS) is 19.3. The van der Waals surface area contributed by atoms with Crippen LogP contribution in [0.25, 0.3) is 0 Å². The third kappa shape index (κ3) is 3.17. The molecule has 1 aliphatic carbocycles. The van der Waals surface area contributed by atoms with Gasteiger partial charge in [-0.25, -0.2) is 0 Å². The molecule has 0 unspecified atom stereocenters. The average Bonchev–Trinajstić information content (AvgIpc) is 2.69. The average molecular weight is 322 g/mol. The maximum atomic E-state index is 12.4. The van der Waals surface area contributed by atoms with Crippen molar-refractivity contribution in [2.24, 2.45) is 11.7 Å². The molecule has 1 aromatic heterocycles. The zero-order valence-electron chi connectivity index (χ0n) is 12.7. The Balaban J connectivity index is 1.83. The summed E-state index contributed by atoms with van der Waals surface area (Å²) in [6, 6.07) is 0. The molecule has 6 heteroatoms. The van der Waals surface area contributed by atoms with Gasteiger partial charge in [-0.05, 0) is 44.1 Å². The van der Waals surface area contributed by atoms with Crippen molar-refractivity contribution < 1.29 is 14.3 Å². The molecular formula is C16H22N2O3S. The monoisotopic (exact) mass is 322 g/mol. The quantitative estimate of drug-likeness (QED) is 0.839. The van der Waals surface area contributed by atoms with Crippen LogP contribution in [0.2, 0.25) is 0 Å². The van der Waals surface area contributed by atoms with Crippen LogP contribution in [0.1, 0.15) is 52.9 Å². The molecule has 0 saturated carbocycles. The van der Waals surface area contributed by atoms with E-state index in [0.29, 0.717) is 23.8 Å². The lowest BCUT2D eigenvalue weighted by Gasteiger charge is -2.21. The summed E-state index contributed by atoms with van der Waals surface area (Å²) >= 11 is 1.53. The van der Waals surface area contributed by atoms with Crippen molar-refractivity contribution in [3.05, 3.63) is 16.0 Å². The molecule has 0 aromatic carbocycles. The third-order valence-corrected chi connectivity index (χ3v) is 5.70. The Labute approximate surface area is 134 Å². The molecule has 1 aliphatic heterocycles. The number of primary amides is 1. The van der Waals surface area contributed by atoms with Crippen molar-refractivity contribution in [2.75, 3.05) is 18.5 Å². The zero-order valence-corrected chi connectivity index (χ0v) is 13.5. The largest absolute Gasteiger partial charge is 0.381 e. The van der Waals surface area contributed by atoms with E-state index in [2.05, 4.69) is 5.32 Å². The Morgan fingerprint density at radius 1 is 1.14 bits per heavy atom. The van der Waals surface area contributed by atoms with Crippen molar-refractivity contribution in [3.8, 4) is 0 Å². The van der Waals surface area contributed by atoms with Crippen molar-refractivity contribution in [2.45, 2.75) is 44.9 Å². The molecule has 0 spiro atoms. The van der Waals surface area contributed by atoms with Crippen LogP contribution in [0.15, 0.2) is 0 Å². The molecule has 5 nitrogen and oxygen atoms in total. The number of ether oxygens (including phenoxy) is 1. The molecule has 2 heterocycles. The van der Waals surface area contributed by atoms with Crippen LogP contribution in [0.5, 0.6) is 0 Å². The molecule has 120 valence electrons. The van der Waals surface area contributed by atoms with Gasteiger partial charge in [-0.1, -0.05) is 6.42 Å². The number of carbonyl (C=O) groups excluding carboxylic acids is 2. The fourth-order valence-corrected chi connectivity index (χ4v) is 4.56. The van der Waals surface area contributed by atoms with E-state index in [4.69, 9.17) is 10.5 Å². The van der Waals surface area contributed by atoms with Gasteiger partial charge in [0.15, 0.2) is 0 Å². The van der Waals surface area contributed by atoms with Crippen molar-refractivity contribution >= 4 is 28.2 Å². The highest BCUT2D eigenvalue weighted by Gasteiger charge is 2.27. The molecular weight excluding hydrogens is 300 g/mol. The van der Waals surface area contributed by atoms with E-state index in [1.807, 2.05) is 0 Å². The third-order valence-electron chi connectivity index (χ3n) is 4.50. The Hall–Kier alpha value is -1.40. The molecule has 0 radical (unpaired) electrons. The Kier molecular flexibility index (Phi) is 4.78. The van der Waals surface area contributed by atoms with Crippen LogP contribution in [0.3, 0.4) is 0 Å². The van der Waals surface area contributed by atoms with Gasteiger partial charge in [0.25, 0.3) is 5.91 Å². The molecule has 0 bridgehead atoms. The van der Waals surface area contributed by atoms with Crippen LogP contribution in [-0.2, 0) is 22.4 Å². The molecule has 0 atom stereocenters. The maximum absolute atomic E-state index is 12.4. The summed E-state index contributed by atoms with van der Waals surface area (Å²) in [6.07, 6.45) is 6.75. The van der Waals surface area contributed by atoms with E-state index in [1.54, 1.807) is 0 Å². The number of nitrogens with two attached hydrogens (primary N) is 1. The molecule has 1 aromatic rings. The number of rotatable bonds is 3. The minimum absolute atomic E-state index is 0.0118. The highest BCUT2D eigenvalue weighted by molar-refractivity contribution is 7.17. The Bertz CT molecular complexity index is 576. The topological polar surface area (TPSA) is 81.4 Å². The first-order chi connectivity index (χ1) is 10.7. The smallest absolute Gasteiger partial charge is 0.251 e. The van der Waals surface area contributed by atoms with Crippen LogP contribution >= 0.6 is 11.3 Å². The first-order valence-corrected chi connectivity index (χ1v) is 8.81. The fraction of sp³-hybridized carbons (Fsp3) is 0.625. The molecule has 2 amide bonds. The number of hydrogen-bond acceptors (Lipinski definition) is 4. The SMILES string of the molecule is NC(=O)c1c(NC(=O)C2CCOCC2)sc2c1CCCCC2. The predicted molar refractivity (Wildman–Crippen MR) is 86.3 cm³/mol. The summed E-state index contributed by atoms with van der Waals surface area (Å²) in [5, 5.41) is 3.61. The molecule has 1 fully saturated rings. The molecule has 2 aliphatic rings. The maximum Gasteiger partial charge on any atom is 0.251 e. The fourth-order valence-electron chi connectivity index (χ4n) is 3.27. The minimum atomic E-state index is -0.429. The summed E-state index contributed by atoms with van der Waals surface area (Å²) in [6.45, 7) is 1.25.